The van der Waals surface area contributed by atoms with Gasteiger partial charge in [-0.15, -0.1) is 0 Å². The van der Waals surface area contributed by atoms with Crippen LogP contribution in [0.5, 0.6) is 0 Å². The van der Waals surface area contributed by atoms with E-state index in [-0.39, 0.29) is 28.2 Å². The van der Waals surface area contributed by atoms with Crippen molar-refractivity contribution in [2.75, 3.05) is 25.0 Å². The van der Waals surface area contributed by atoms with Crippen molar-refractivity contribution in [1.29, 1.82) is 0 Å². The second kappa shape index (κ2) is 10.4. The Labute approximate surface area is 185 Å². The average molecular weight is 470 g/mol. The van der Waals surface area contributed by atoms with Gasteiger partial charge in [0.25, 0.3) is 5.91 Å². The largest absolute Gasteiger partial charge is 0.352 e. The van der Waals surface area contributed by atoms with Crippen LogP contribution in [0.3, 0.4) is 0 Å². The smallest absolute Gasteiger partial charge is 0.252 e. The minimum absolute atomic E-state index is 0.00638. The SMILES string of the molecule is O=C(CCCNC(=O)c1ccsc1)Nc1ccc(Cl)c(S(=O)(=O)N2CCCCC2)c1. The van der Waals surface area contributed by atoms with Gasteiger partial charge in [-0.1, -0.05) is 18.0 Å². The molecule has 1 aliphatic rings. The second-order valence-electron chi connectivity index (χ2n) is 7.03. The maximum atomic E-state index is 12.9. The molecular formula is C20H24ClN3O4S2. The zero-order chi connectivity index (χ0) is 21.6. The van der Waals surface area contributed by atoms with Crippen molar-refractivity contribution >= 4 is 50.5 Å². The number of nitrogens with zero attached hydrogens (tertiary/aromatic N) is 1. The van der Waals surface area contributed by atoms with Gasteiger partial charge in [-0.25, -0.2) is 8.42 Å². The van der Waals surface area contributed by atoms with Crippen molar-refractivity contribution in [3.8, 4) is 0 Å². The van der Waals surface area contributed by atoms with E-state index in [4.69, 9.17) is 11.6 Å². The Hall–Kier alpha value is -1.94. The Kier molecular flexibility index (Phi) is 7.87. The van der Waals surface area contributed by atoms with Crippen molar-refractivity contribution in [2.24, 2.45) is 0 Å². The third-order valence-electron chi connectivity index (χ3n) is 4.80. The van der Waals surface area contributed by atoms with Crippen LogP contribution in [0.15, 0.2) is 39.9 Å². The normalized spacial score (nSPS) is 15.0. The molecule has 2 aromatic rings. The molecule has 1 saturated heterocycles. The lowest BCUT2D eigenvalue weighted by Crippen LogP contribution is -2.35. The highest BCUT2D eigenvalue weighted by Crippen LogP contribution is 2.29. The summed E-state index contributed by atoms with van der Waals surface area (Å²) < 4.78 is 27.3. The molecule has 162 valence electrons. The molecule has 2 amide bonds. The molecule has 0 spiro atoms. The molecule has 0 unspecified atom stereocenters. The van der Waals surface area contributed by atoms with Gasteiger partial charge in [0, 0.05) is 42.7 Å². The highest BCUT2D eigenvalue weighted by Gasteiger charge is 2.28. The highest BCUT2D eigenvalue weighted by molar-refractivity contribution is 7.89. The van der Waals surface area contributed by atoms with Gasteiger partial charge in [0.2, 0.25) is 15.9 Å². The number of piperidine rings is 1. The quantitative estimate of drug-likeness (QED) is 0.576. The average Bonchev–Trinajstić information content (AvgIpc) is 3.28. The maximum Gasteiger partial charge on any atom is 0.252 e. The highest BCUT2D eigenvalue weighted by atomic mass is 35.5. The van der Waals surface area contributed by atoms with E-state index in [1.54, 1.807) is 17.5 Å². The first-order valence-electron chi connectivity index (χ1n) is 9.78. The van der Waals surface area contributed by atoms with Gasteiger partial charge in [0.05, 0.1) is 5.02 Å². The van der Waals surface area contributed by atoms with E-state index in [9.17, 15) is 18.0 Å². The summed E-state index contributed by atoms with van der Waals surface area (Å²) in [4.78, 5) is 24.1. The van der Waals surface area contributed by atoms with E-state index in [0.29, 0.717) is 37.3 Å². The minimum Gasteiger partial charge on any atom is -0.352 e. The fourth-order valence-electron chi connectivity index (χ4n) is 3.19. The van der Waals surface area contributed by atoms with Crippen molar-refractivity contribution in [1.82, 2.24) is 9.62 Å². The molecule has 3 rings (SSSR count). The van der Waals surface area contributed by atoms with E-state index >= 15 is 0 Å². The fraction of sp³-hybridized carbons (Fsp3) is 0.400. The lowest BCUT2D eigenvalue weighted by molar-refractivity contribution is -0.116. The first kappa shape index (κ1) is 22.7. The number of nitrogens with one attached hydrogen (secondary N) is 2. The fourth-order valence-corrected chi connectivity index (χ4v) is 5.85. The molecule has 10 heteroatoms. The Bertz CT molecular complexity index is 987. The summed E-state index contributed by atoms with van der Waals surface area (Å²) in [5.41, 5.74) is 0.982. The first-order chi connectivity index (χ1) is 14.4. The lowest BCUT2D eigenvalue weighted by Gasteiger charge is -2.26. The molecule has 1 aromatic heterocycles. The first-order valence-corrected chi connectivity index (χ1v) is 12.5. The summed E-state index contributed by atoms with van der Waals surface area (Å²) in [6, 6.07) is 6.20. The second-order valence-corrected chi connectivity index (χ2v) is 10.1. The Balaban J connectivity index is 1.54. The molecule has 0 radical (unpaired) electrons. The van der Waals surface area contributed by atoms with Gasteiger partial charge in [0.15, 0.2) is 0 Å². The minimum atomic E-state index is -3.70. The van der Waals surface area contributed by atoms with E-state index < -0.39 is 10.0 Å². The molecule has 2 N–H and O–H groups in total. The van der Waals surface area contributed by atoms with Gasteiger partial charge < -0.3 is 10.6 Å². The van der Waals surface area contributed by atoms with E-state index in [1.165, 1.54) is 27.8 Å². The van der Waals surface area contributed by atoms with Gasteiger partial charge in [-0.2, -0.15) is 15.6 Å². The molecule has 7 nitrogen and oxygen atoms in total. The number of thiophene rings is 1. The number of sulfonamides is 1. The maximum absolute atomic E-state index is 12.9. The molecule has 1 fully saturated rings. The van der Waals surface area contributed by atoms with Gasteiger partial charge in [0.1, 0.15) is 4.90 Å². The van der Waals surface area contributed by atoms with Gasteiger partial charge >= 0.3 is 0 Å². The van der Waals surface area contributed by atoms with Gasteiger partial charge in [-0.3, -0.25) is 9.59 Å². The Morgan fingerprint density at radius 3 is 2.60 bits per heavy atom. The number of benzene rings is 1. The van der Waals surface area contributed by atoms with Crippen molar-refractivity contribution < 1.29 is 18.0 Å². The van der Waals surface area contributed by atoms with Crippen molar-refractivity contribution in [2.45, 2.75) is 37.0 Å². The summed E-state index contributed by atoms with van der Waals surface area (Å²) in [7, 11) is -3.70. The van der Waals surface area contributed by atoms with E-state index in [0.717, 1.165) is 19.3 Å². The number of amides is 2. The molecular weight excluding hydrogens is 446 g/mol. The van der Waals surface area contributed by atoms with Crippen molar-refractivity contribution in [3.63, 3.8) is 0 Å². The molecule has 0 saturated carbocycles. The summed E-state index contributed by atoms with van der Waals surface area (Å²) in [6.07, 6.45) is 3.34. The van der Waals surface area contributed by atoms with Crippen LogP contribution in [-0.4, -0.2) is 44.2 Å². The van der Waals surface area contributed by atoms with Crippen LogP contribution in [0.4, 0.5) is 5.69 Å². The zero-order valence-electron chi connectivity index (χ0n) is 16.4. The Morgan fingerprint density at radius 1 is 1.13 bits per heavy atom. The summed E-state index contributed by atoms with van der Waals surface area (Å²) in [6.45, 7) is 1.33. The molecule has 1 aromatic carbocycles. The van der Waals surface area contributed by atoms with Crippen LogP contribution < -0.4 is 10.6 Å². The lowest BCUT2D eigenvalue weighted by atomic mass is 10.2. The topological polar surface area (TPSA) is 95.6 Å². The monoisotopic (exact) mass is 469 g/mol. The predicted molar refractivity (Wildman–Crippen MR) is 119 cm³/mol. The number of halogens is 1. The number of carbonyl (C=O) groups is 2. The standard InChI is InChI=1S/C20H24ClN3O4S2/c21-17-7-6-16(13-18(17)30(27,28)24-10-2-1-3-11-24)23-19(25)5-4-9-22-20(26)15-8-12-29-14-15/h6-8,12-14H,1-5,9-11H2,(H,22,26)(H,23,25). The number of hydrogen-bond donors (Lipinski definition) is 2. The van der Waals surface area contributed by atoms with Crippen LogP contribution >= 0.6 is 22.9 Å². The van der Waals surface area contributed by atoms with Crippen LogP contribution in [0.1, 0.15) is 42.5 Å². The zero-order valence-corrected chi connectivity index (χ0v) is 18.8. The molecule has 1 aliphatic heterocycles. The molecule has 2 heterocycles. The molecule has 0 bridgehead atoms. The van der Waals surface area contributed by atoms with Crippen LogP contribution in [0.2, 0.25) is 5.02 Å². The van der Waals surface area contributed by atoms with E-state index in [2.05, 4.69) is 10.6 Å². The summed E-state index contributed by atoms with van der Waals surface area (Å²) in [5, 5.41) is 9.19. The van der Waals surface area contributed by atoms with Crippen LogP contribution in [0, 0.1) is 0 Å². The molecule has 0 atom stereocenters. The molecule has 0 aliphatic carbocycles. The Morgan fingerprint density at radius 2 is 1.90 bits per heavy atom. The number of hydrogen-bond acceptors (Lipinski definition) is 5. The summed E-state index contributed by atoms with van der Waals surface area (Å²) in [5.74, 6) is -0.426. The predicted octanol–water partition coefficient (Wildman–Crippen LogP) is 3.72. The van der Waals surface area contributed by atoms with Crippen LogP contribution in [-0.2, 0) is 14.8 Å². The molecule has 30 heavy (non-hydrogen) atoms. The number of anilines is 1. The van der Waals surface area contributed by atoms with Gasteiger partial charge in [-0.05, 0) is 48.9 Å². The number of rotatable bonds is 8. The summed E-state index contributed by atoms with van der Waals surface area (Å²) >= 11 is 7.60. The third kappa shape index (κ3) is 5.81. The number of carbonyl (C=O) groups excluding carboxylic acids is 2. The third-order valence-corrected chi connectivity index (χ3v) is 7.86. The van der Waals surface area contributed by atoms with E-state index in [1.807, 2.05) is 5.38 Å². The van der Waals surface area contributed by atoms with Crippen molar-refractivity contribution in [3.05, 3.63) is 45.6 Å². The van der Waals surface area contributed by atoms with Crippen LogP contribution in [0.25, 0.3) is 0 Å².